The number of fused-ring (bicyclic) bond motifs is 1. The van der Waals surface area contributed by atoms with Gasteiger partial charge in [0.15, 0.2) is 0 Å². The van der Waals surface area contributed by atoms with E-state index in [-0.39, 0.29) is 17.1 Å². The Morgan fingerprint density at radius 1 is 1.06 bits per heavy atom. The van der Waals surface area contributed by atoms with Gasteiger partial charge in [0.05, 0.1) is 17.0 Å². The highest BCUT2D eigenvalue weighted by Crippen LogP contribution is 2.40. The predicted molar refractivity (Wildman–Crippen MR) is 107 cm³/mol. The lowest BCUT2D eigenvalue weighted by molar-refractivity contribution is -0.147. The molecule has 1 N–H and O–H groups in total. The number of alkyl halides is 6. The summed E-state index contributed by atoms with van der Waals surface area (Å²) in [4.78, 5) is 7.63. The van der Waals surface area contributed by atoms with E-state index in [4.69, 9.17) is 0 Å². The maximum absolute atomic E-state index is 13.1. The van der Waals surface area contributed by atoms with Gasteiger partial charge in [-0.1, -0.05) is 0 Å². The van der Waals surface area contributed by atoms with Gasteiger partial charge >= 0.3 is 12.4 Å². The summed E-state index contributed by atoms with van der Waals surface area (Å²) in [6, 6.07) is 2.60. The minimum absolute atomic E-state index is 0.00116. The third-order valence-electron chi connectivity index (χ3n) is 5.57. The first-order chi connectivity index (χ1) is 15.3. The van der Waals surface area contributed by atoms with E-state index in [1.165, 1.54) is 12.1 Å². The number of aromatic nitrogens is 3. The molecule has 178 valence electrons. The second-order valence-electron chi connectivity index (χ2n) is 7.88. The van der Waals surface area contributed by atoms with Crippen LogP contribution in [0.3, 0.4) is 0 Å². The van der Waals surface area contributed by atoms with Crippen LogP contribution in [0.25, 0.3) is 22.4 Å². The van der Waals surface area contributed by atoms with Crippen molar-refractivity contribution in [2.24, 2.45) is 0 Å². The van der Waals surface area contributed by atoms with E-state index < -0.39 is 38.9 Å². The molecule has 0 spiro atoms. The zero-order valence-corrected chi connectivity index (χ0v) is 17.9. The molecule has 1 atom stereocenters. The summed E-state index contributed by atoms with van der Waals surface area (Å²) in [5.74, 6) is 0. The summed E-state index contributed by atoms with van der Waals surface area (Å²) in [6.07, 6.45) is -5.11. The highest BCUT2D eigenvalue weighted by molar-refractivity contribution is 7.89. The molecule has 1 aliphatic carbocycles. The SMILES string of the molecule is C[C@H](NS(=O)(=O)c1ccc(-c2cc3cc(C(F)(F)F)cnc3n2C2CCC2)nc1)C(F)(F)F. The smallest absolute Gasteiger partial charge is 0.321 e. The van der Waals surface area contributed by atoms with E-state index in [2.05, 4.69) is 9.97 Å². The Bertz CT molecular complexity index is 1280. The average Bonchev–Trinajstić information content (AvgIpc) is 3.03. The molecule has 6 nitrogen and oxygen atoms in total. The van der Waals surface area contributed by atoms with Crippen molar-refractivity contribution in [3.63, 3.8) is 0 Å². The van der Waals surface area contributed by atoms with Gasteiger partial charge < -0.3 is 4.57 Å². The number of hydrogen-bond acceptors (Lipinski definition) is 4. The van der Waals surface area contributed by atoms with Gasteiger partial charge in [0.25, 0.3) is 0 Å². The van der Waals surface area contributed by atoms with Crippen LogP contribution in [0.4, 0.5) is 26.3 Å². The summed E-state index contributed by atoms with van der Waals surface area (Å²) in [6.45, 7) is 0.679. The van der Waals surface area contributed by atoms with Gasteiger partial charge in [-0.3, -0.25) is 4.98 Å². The van der Waals surface area contributed by atoms with Crippen LogP contribution in [0.5, 0.6) is 0 Å². The lowest BCUT2D eigenvalue weighted by atomic mass is 9.92. The first-order valence-electron chi connectivity index (χ1n) is 9.91. The fourth-order valence-electron chi connectivity index (χ4n) is 3.54. The third kappa shape index (κ3) is 4.56. The number of hydrogen-bond donors (Lipinski definition) is 1. The number of nitrogens with one attached hydrogen (secondary N) is 1. The van der Waals surface area contributed by atoms with Gasteiger partial charge in [0.2, 0.25) is 10.0 Å². The lowest BCUT2D eigenvalue weighted by Crippen LogP contribution is -2.42. The summed E-state index contributed by atoms with van der Waals surface area (Å²) in [5, 5.41) is 0.255. The largest absolute Gasteiger partial charge is 0.417 e. The summed E-state index contributed by atoms with van der Waals surface area (Å²) >= 11 is 0. The summed E-state index contributed by atoms with van der Waals surface area (Å²) in [5.41, 5.74) is 0.159. The molecule has 1 fully saturated rings. The van der Waals surface area contributed by atoms with E-state index in [1.807, 2.05) is 0 Å². The molecular formula is C20H18F6N4O2S. The average molecular weight is 492 g/mol. The minimum Gasteiger partial charge on any atom is -0.321 e. The van der Waals surface area contributed by atoms with E-state index in [0.717, 1.165) is 43.8 Å². The Hall–Kier alpha value is -2.67. The molecule has 4 rings (SSSR count). The van der Waals surface area contributed by atoms with E-state index in [9.17, 15) is 34.8 Å². The maximum atomic E-state index is 13.1. The lowest BCUT2D eigenvalue weighted by Gasteiger charge is -2.29. The van der Waals surface area contributed by atoms with Crippen LogP contribution in [0, 0.1) is 0 Å². The van der Waals surface area contributed by atoms with Crippen LogP contribution < -0.4 is 4.72 Å². The van der Waals surface area contributed by atoms with Crippen molar-refractivity contribution in [1.29, 1.82) is 0 Å². The molecule has 0 radical (unpaired) electrons. The Labute approximate surface area is 184 Å². The molecule has 0 aliphatic heterocycles. The van der Waals surface area contributed by atoms with Crippen LogP contribution in [0.2, 0.25) is 0 Å². The third-order valence-corrected chi connectivity index (χ3v) is 7.10. The number of pyridine rings is 2. The van der Waals surface area contributed by atoms with Crippen molar-refractivity contribution in [1.82, 2.24) is 19.3 Å². The number of halogens is 6. The van der Waals surface area contributed by atoms with Crippen molar-refractivity contribution in [2.45, 2.75) is 55.5 Å². The van der Waals surface area contributed by atoms with Crippen LogP contribution in [0.1, 0.15) is 37.8 Å². The zero-order chi connectivity index (χ0) is 24.2. The number of nitrogens with zero attached hydrogens (tertiary/aromatic N) is 3. The quantitative estimate of drug-likeness (QED) is 0.505. The fourth-order valence-corrected chi connectivity index (χ4v) is 4.71. The summed E-state index contributed by atoms with van der Waals surface area (Å²) < 4.78 is 105. The Morgan fingerprint density at radius 3 is 2.27 bits per heavy atom. The Balaban J connectivity index is 1.73. The van der Waals surface area contributed by atoms with Crippen molar-refractivity contribution < 1.29 is 34.8 Å². The minimum atomic E-state index is -4.76. The topological polar surface area (TPSA) is 76.9 Å². The van der Waals surface area contributed by atoms with Gasteiger partial charge in [-0.25, -0.2) is 13.4 Å². The first-order valence-corrected chi connectivity index (χ1v) is 11.4. The fraction of sp³-hybridized carbons (Fsp3) is 0.400. The highest BCUT2D eigenvalue weighted by Gasteiger charge is 2.39. The Kier molecular flexibility index (Phi) is 5.68. The molecule has 3 aromatic rings. The molecule has 1 aliphatic rings. The van der Waals surface area contributed by atoms with E-state index >= 15 is 0 Å². The van der Waals surface area contributed by atoms with Crippen LogP contribution in [0.15, 0.2) is 41.6 Å². The van der Waals surface area contributed by atoms with Gasteiger partial charge in [0, 0.05) is 23.8 Å². The monoisotopic (exact) mass is 492 g/mol. The molecule has 0 amide bonds. The standard InChI is InChI=1S/C20H18F6N4O2S/c1-11(19(21,22)23)29-33(31,32)15-5-6-16(27-10-15)17-8-12-7-13(20(24,25)26)9-28-18(12)30(17)14-3-2-4-14/h5-11,14,29H,2-4H2,1H3/t11-/m0/s1. The second kappa shape index (κ2) is 7.97. The predicted octanol–water partition coefficient (Wildman–Crippen LogP) is 5.07. The molecule has 0 bridgehead atoms. The molecule has 33 heavy (non-hydrogen) atoms. The van der Waals surface area contributed by atoms with Crippen molar-refractivity contribution >= 4 is 21.1 Å². The van der Waals surface area contributed by atoms with Crippen molar-refractivity contribution in [2.75, 3.05) is 0 Å². The molecule has 0 saturated heterocycles. The van der Waals surface area contributed by atoms with Crippen LogP contribution >= 0.6 is 0 Å². The van der Waals surface area contributed by atoms with Gasteiger partial charge in [-0.05, 0) is 50.5 Å². The zero-order valence-electron chi connectivity index (χ0n) is 17.1. The molecule has 13 heteroatoms. The van der Waals surface area contributed by atoms with E-state index in [1.54, 1.807) is 9.29 Å². The molecule has 3 aromatic heterocycles. The van der Waals surface area contributed by atoms with Gasteiger partial charge in [0.1, 0.15) is 16.6 Å². The highest BCUT2D eigenvalue weighted by atomic mass is 32.2. The normalized spacial score (nSPS) is 16.7. The second-order valence-corrected chi connectivity index (χ2v) is 9.60. The molecule has 3 heterocycles. The first kappa shape index (κ1) is 23.5. The number of rotatable bonds is 5. The maximum Gasteiger partial charge on any atom is 0.417 e. The molecule has 0 aromatic carbocycles. The van der Waals surface area contributed by atoms with Gasteiger partial charge in [-0.15, -0.1) is 0 Å². The Morgan fingerprint density at radius 2 is 1.76 bits per heavy atom. The van der Waals surface area contributed by atoms with E-state index in [0.29, 0.717) is 18.3 Å². The van der Waals surface area contributed by atoms with Crippen molar-refractivity contribution in [3.8, 4) is 11.4 Å². The molecular weight excluding hydrogens is 474 g/mol. The van der Waals surface area contributed by atoms with Crippen LogP contribution in [-0.2, 0) is 16.2 Å². The summed E-state index contributed by atoms with van der Waals surface area (Å²) in [7, 11) is -4.48. The molecule has 0 unspecified atom stereocenters. The van der Waals surface area contributed by atoms with Crippen molar-refractivity contribution in [3.05, 3.63) is 42.2 Å². The molecule has 1 saturated carbocycles. The van der Waals surface area contributed by atoms with Gasteiger partial charge in [-0.2, -0.15) is 31.1 Å². The number of sulfonamides is 1. The van der Waals surface area contributed by atoms with Crippen LogP contribution in [-0.4, -0.2) is 35.2 Å².